The third kappa shape index (κ3) is 3.01. The monoisotopic (exact) mass is 282 g/mol. The highest BCUT2D eigenvalue weighted by Crippen LogP contribution is 2.30. The Morgan fingerprint density at radius 3 is 2.75 bits per heavy atom. The van der Waals surface area contributed by atoms with Crippen LogP contribution >= 0.6 is 11.3 Å². The first-order chi connectivity index (χ1) is 9.78. The molecule has 0 saturated heterocycles. The van der Waals surface area contributed by atoms with Crippen molar-refractivity contribution in [1.82, 2.24) is 4.98 Å². The third-order valence-corrected chi connectivity index (χ3v) is 3.41. The Morgan fingerprint density at radius 2 is 2.10 bits per heavy atom. The van der Waals surface area contributed by atoms with E-state index < -0.39 is 0 Å². The Balaban J connectivity index is 2.34. The molecular weight excluding hydrogens is 272 g/mol. The maximum absolute atomic E-state index is 9.05. The van der Waals surface area contributed by atoms with Crippen molar-refractivity contribution in [3.8, 4) is 22.7 Å². The fourth-order valence-electron chi connectivity index (χ4n) is 1.54. The summed E-state index contributed by atoms with van der Waals surface area (Å²) in [5.74, 6) is 0. The van der Waals surface area contributed by atoms with Crippen LogP contribution in [0.15, 0.2) is 41.4 Å². The Kier molecular flexibility index (Phi) is 4.46. The summed E-state index contributed by atoms with van der Waals surface area (Å²) in [6, 6.07) is 11.0. The zero-order valence-corrected chi connectivity index (χ0v) is 11.2. The van der Waals surface area contributed by atoms with Crippen LogP contribution in [0.1, 0.15) is 5.69 Å². The Morgan fingerprint density at radius 1 is 1.35 bits per heavy atom. The largest absolute Gasteiger partial charge is 0.390 e. The van der Waals surface area contributed by atoms with Crippen LogP contribution < -0.4 is 5.32 Å². The van der Waals surface area contributed by atoms with Crippen LogP contribution in [0.3, 0.4) is 0 Å². The molecule has 0 atom stereocenters. The number of para-hydroxylation sites is 1. The van der Waals surface area contributed by atoms with Gasteiger partial charge >= 0.3 is 0 Å². The number of nitrogens with zero attached hydrogens (tertiary/aromatic N) is 3. The molecule has 0 saturated carbocycles. The predicted octanol–water partition coefficient (Wildman–Crippen LogP) is 2.65. The lowest BCUT2D eigenvalue weighted by atomic mass is 10.2. The molecule has 0 aliphatic rings. The molecule has 0 unspecified atom stereocenters. The fourth-order valence-corrected chi connectivity index (χ4v) is 2.39. The minimum Gasteiger partial charge on any atom is -0.390 e. The number of nitrogens with one attached hydrogen (secondary N) is 1. The van der Waals surface area contributed by atoms with Gasteiger partial charge in [-0.15, -0.1) is 11.3 Å². The number of aliphatic hydroxyl groups excluding tert-OH is 1. The SMILES string of the molecule is N#CC(C#N)=CNc1ccccc1-c1nc(CO)cs1. The number of hydrogen-bond donors (Lipinski definition) is 2. The van der Waals surface area contributed by atoms with Gasteiger partial charge in [-0.05, 0) is 12.1 Å². The number of aromatic nitrogens is 1. The number of rotatable bonds is 4. The number of nitriles is 2. The molecule has 20 heavy (non-hydrogen) atoms. The smallest absolute Gasteiger partial charge is 0.145 e. The lowest BCUT2D eigenvalue weighted by molar-refractivity contribution is 0.278. The first-order valence-corrected chi connectivity index (χ1v) is 6.58. The van der Waals surface area contributed by atoms with Gasteiger partial charge < -0.3 is 10.4 Å². The molecule has 2 N–H and O–H groups in total. The number of benzene rings is 1. The number of aliphatic hydroxyl groups is 1. The summed E-state index contributed by atoms with van der Waals surface area (Å²) >= 11 is 1.43. The van der Waals surface area contributed by atoms with Gasteiger partial charge in [-0.2, -0.15) is 10.5 Å². The topological polar surface area (TPSA) is 92.7 Å². The maximum atomic E-state index is 9.05. The number of hydrogen-bond acceptors (Lipinski definition) is 6. The molecule has 0 bridgehead atoms. The Bertz CT molecular complexity index is 705. The number of anilines is 1. The zero-order chi connectivity index (χ0) is 14.4. The van der Waals surface area contributed by atoms with Crippen LogP contribution in [-0.4, -0.2) is 10.1 Å². The van der Waals surface area contributed by atoms with Gasteiger partial charge in [0.2, 0.25) is 0 Å². The lowest BCUT2D eigenvalue weighted by Crippen LogP contribution is -1.93. The van der Waals surface area contributed by atoms with Gasteiger partial charge in [0.25, 0.3) is 0 Å². The molecule has 0 fully saturated rings. The standard InChI is InChI=1S/C14H10N4OS/c15-5-10(6-16)7-17-13-4-2-1-3-12(13)14-18-11(8-19)9-20-14/h1-4,7,9,17,19H,8H2. The zero-order valence-electron chi connectivity index (χ0n) is 10.4. The molecule has 0 spiro atoms. The van der Waals surface area contributed by atoms with E-state index in [0.29, 0.717) is 5.69 Å². The van der Waals surface area contributed by atoms with Crippen molar-refractivity contribution >= 4 is 17.0 Å². The predicted molar refractivity (Wildman–Crippen MR) is 76.4 cm³/mol. The van der Waals surface area contributed by atoms with Crippen LogP contribution in [0.4, 0.5) is 5.69 Å². The van der Waals surface area contributed by atoms with E-state index in [1.54, 1.807) is 17.5 Å². The molecule has 1 aromatic heterocycles. The third-order valence-electron chi connectivity index (χ3n) is 2.48. The van der Waals surface area contributed by atoms with Crippen molar-refractivity contribution in [2.24, 2.45) is 0 Å². The molecule has 6 heteroatoms. The van der Waals surface area contributed by atoms with Crippen LogP contribution in [0, 0.1) is 22.7 Å². The summed E-state index contributed by atoms with van der Waals surface area (Å²) in [7, 11) is 0. The van der Waals surface area contributed by atoms with E-state index in [9.17, 15) is 0 Å². The van der Waals surface area contributed by atoms with Crippen molar-refractivity contribution < 1.29 is 5.11 Å². The summed E-state index contributed by atoms with van der Waals surface area (Å²) < 4.78 is 0. The highest BCUT2D eigenvalue weighted by molar-refractivity contribution is 7.13. The minimum absolute atomic E-state index is 0.00464. The summed E-state index contributed by atoms with van der Waals surface area (Å²) in [6.07, 6.45) is 1.36. The molecule has 1 aromatic carbocycles. The minimum atomic E-state index is -0.0982. The van der Waals surface area contributed by atoms with Gasteiger partial charge in [-0.1, -0.05) is 12.1 Å². The number of thiazole rings is 1. The molecule has 0 radical (unpaired) electrons. The van der Waals surface area contributed by atoms with Gasteiger partial charge in [0.05, 0.1) is 12.3 Å². The van der Waals surface area contributed by atoms with Gasteiger partial charge in [-0.3, -0.25) is 0 Å². The van der Waals surface area contributed by atoms with Crippen molar-refractivity contribution in [2.75, 3.05) is 5.32 Å². The van der Waals surface area contributed by atoms with E-state index in [1.807, 2.05) is 24.3 Å². The van der Waals surface area contributed by atoms with Crippen molar-refractivity contribution in [2.45, 2.75) is 6.61 Å². The molecule has 0 amide bonds. The molecule has 2 aromatic rings. The van der Waals surface area contributed by atoms with Gasteiger partial charge in [0.15, 0.2) is 0 Å². The maximum Gasteiger partial charge on any atom is 0.145 e. The second kappa shape index (κ2) is 6.48. The Hall–Kier alpha value is -2.67. The summed E-state index contributed by atoms with van der Waals surface area (Å²) in [5, 5.41) is 32.0. The van der Waals surface area contributed by atoms with Crippen LogP contribution in [0.25, 0.3) is 10.6 Å². The van der Waals surface area contributed by atoms with Gasteiger partial charge in [0.1, 0.15) is 22.7 Å². The van der Waals surface area contributed by atoms with Gasteiger partial charge in [-0.25, -0.2) is 4.98 Å². The molecule has 0 aliphatic heterocycles. The van der Waals surface area contributed by atoms with Gasteiger partial charge in [0, 0.05) is 22.8 Å². The highest BCUT2D eigenvalue weighted by Gasteiger charge is 2.08. The Labute approximate surface area is 120 Å². The fraction of sp³-hybridized carbons (Fsp3) is 0.0714. The van der Waals surface area contributed by atoms with E-state index in [-0.39, 0.29) is 12.2 Å². The van der Waals surface area contributed by atoms with Crippen LogP contribution in [-0.2, 0) is 6.61 Å². The second-order valence-corrected chi connectivity index (χ2v) is 4.63. The average Bonchev–Trinajstić information content (AvgIpc) is 2.97. The van der Waals surface area contributed by atoms with Crippen molar-refractivity contribution in [1.29, 1.82) is 10.5 Å². The van der Waals surface area contributed by atoms with Crippen molar-refractivity contribution in [3.63, 3.8) is 0 Å². The van der Waals surface area contributed by atoms with E-state index in [0.717, 1.165) is 16.3 Å². The molecule has 5 nitrogen and oxygen atoms in total. The molecule has 98 valence electrons. The first-order valence-electron chi connectivity index (χ1n) is 5.70. The molecular formula is C14H10N4OS. The molecule has 2 rings (SSSR count). The summed E-state index contributed by atoms with van der Waals surface area (Å²) in [6.45, 7) is -0.0982. The summed E-state index contributed by atoms with van der Waals surface area (Å²) in [5.41, 5.74) is 2.21. The quantitative estimate of drug-likeness (QED) is 0.841. The molecule has 0 aliphatic carbocycles. The molecule has 1 heterocycles. The average molecular weight is 282 g/mol. The van der Waals surface area contributed by atoms with E-state index in [4.69, 9.17) is 15.6 Å². The van der Waals surface area contributed by atoms with E-state index in [2.05, 4.69) is 10.3 Å². The normalized spacial score (nSPS) is 9.35. The first kappa shape index (κ1) is 13.8. The van der Waals surface area contributed by atoms with E-state index in [1.165, 1.54) is 17.5 Å². The van der Waals surface area contributed by atoms with Crippen LogP contribution in [0.5, 0.6) is 0 Å². The highest BCUT2D eigenvalue weighted by atomic mass is 32.1. The van der Waals surface area contributed by atoms with E-state index >= 15 is 0 Å². The number of allylic oxidation sites excluding steroid dienone is 1. The second-order valence-electron chi connectivity index (χ2n) is 3.77. The lowest BCUT2D eigenvalue weighted by Gasteiger charge is -2.06. The van der Waals surface area contributed by atoms with Crippen LogP contribution in [0.2, 0.25) is 0 Å². The van der Waals surface area contributed by atoms with Crippen molar-refractivity contribution in [3.05, 3.63) is 47.1 Å². The summed E-state index contributed by atoms with van der Waals surface area (Å²) in [4.78, 5) is 4.30.